The van der Waals surface area contributed by atoms with E-state index in [0.717, 1.165) is 32.4 Å². The van der Waals surface area contributed by atoms with Crippen LogP contribution in [0.1, 0.15) is 58.8 Å². The maximum absolute atomic E-state index is 12.2. The van der Waals surface area contributed by atoms with Crippen LogP contribution in [0, 0.1) is 10.8 Å². The molecule has 5 nitrogen and oxygen atoms in total. The van der Waals surface area contributed by atoms with Crippen molar-refractivity contribution in [2.24, 2.45) is 10.8 Å². The summed E-state index contributed by atoms with van der Waals surface area (Å²) in [6, 6.07) is -0.0941. The summed E-state index contributed by atoms with van der Waals surface area (Å²) in [5.41, 5.74) is -0.310. The highest BCUT2D eigenvalue weighted by atomic mass is 16.4. The van der Waals surface area contributed by atoms with Gasteiger partial charge in [0, 0.05) is 19.6 Å². The first-order valence-electron chi connectivity index (χ1n) is 8.23. The lowest BCUT2D eigenvalue weighted by Crippen LogP contribution is -2.52. The Labute approximate surface area is 127 Å². The smallest absolute Gasteiger partial charge is 0.317 e. The average Bonchev–Trinajstić information content (AvgIpc) is 2.45. The summed E-state index contributed by atoms with van der Waals surface area (Å²) in [6.45, 7) is 6.30. The third-order valence-electron chi connectivity index (χ3n) is 5.95. The summed E-state index contributed by atoms with van der Waals surface area (Å²) in [7, 11) is 0. The molecule has 0 aromatic heterocycles. The molecule has 0 aromatic rings. The predicted molar refractivity (Wildman–Crippen MR) is 81.1 cm³/mol. The molecule has 0 unspecified atom stereocenters. The van der Waals surface area contributed by atoms with Crippen molar-refractivity contribution in [1.82, 2.24) is 10.2 Å². The fraction of sp³-hybridized carbons (Fsp3) is 0.875. The summed E-state index contributed by atoms with van der Waals surface area (Å²) in [5.74, 6) is -0.774. The standard InChI is InChI=1S/C16H28N2O3/c1-3-15(4-2)8-10-18(11-9-15)14(21)17-12-16(13(19)20)6-5-7-16/h3-12H2,1-2H3,(H,17,21)(H,19,20). The summed E-state index contributed by atoms with van der Waals surface area (Å²) in [5, 5.41) is 12.1. The lowest BCUT2D eigenvalue weighted by atomic mass is 9.69. The van der Waals surface area contributed by atoms with Gasteiger partial charge in [-0.25, -0.2) is 4.79 Å². The second kappa shape index (κ2) is 6.24. The maximum Gasteiger partial charge on any atom is 0.317 e. The molecular weight excluding hydrogens is 268 g/mol. The maximum atomic E-state index is 12.2. The number of amides is 2. The number of piperidine rings is 1. The summed E-state index contributed by atoms with van der Waals surface area (Å²) in [6.07, 6.45) is 6.74. The van der Waals surface area contributed by atoms with Crippen LogP contribution in [0.15, 0.2) is 0 Å². The highest BCUT2D eigenvalue weighted by Gasteiger charge is 2.44. The minimum Gasteiger partial charge on any atom is -0.481 e. The van der Waals surface area contributed by atoms with Gasteiger partial charge in [-0.1, -0.05) is 33.1 Å². The Morgan fingerprint density at radius 2 is 1.67 bits per heavy atom. The molecule has 1 saturated carbocycles. The van der Waals surface area contributed by atoms with Crippen LogP contribution < -0.4 is 5.32 Å². The quantitative estimate of drug-likeness (QED) is 0.819. The number of nitrogens with one attached hydrogen (secondary N) is 1. The highest BCUT2D eigenvalue weighted by molar-refractivity contribution is 5.79. The van der Waals surface area contributed by atoms with E-state index >= 15 is 0 Å². The van der Waals surface area contributed by atoms with Gasteiger partial charge < -0.3 is 15.3 Å². The Morgan fingerprint density at radius 3 is 2.05 bits per heavy atom. The minimum absolute atomic E-state index is 0.0941. The van der Waals surface area contributed by atoms with Crippen LogP contribution in [0.2, 0.25) is 0 Å². The van der Waals surface area contributed by atoms with Gasteiger partial charge in [-0.15, -0.1) is 0 Å². The van der Waals surface area contributed by atoms with Crippen LogP contribution in [0.5, 0.6) is 0 Å². The molecule has 0 atom stereocenters. The van der Waals surface area contributed by atoms with E-state index in [-0.39, 0.29) is 12.6 Å². The zero-order chi connectivity index (χ0) is 15.5. The summed E-state index contributed by atoms with van der Waals surface area (Å²) >= 11 is 0. The van der Waals surface area contributed by atoms with Crippen LogP contribution in [-0.4, -0.2) is 41.6 Å². The van der Waals surface area contributed by atoms with E-state index in [1.807, 2.05) is 4.90 Å². The number of carboxylic acid groups (broad SMARTS) is 1. The Kier molecular flexibility index (Phi) is 4.79. The molecule has 1 saturated heterocycles. The van der Waals surface area contributed by atoms with E-state index in [2.05, 4.69) is 19.2 Å². The van der Waals surface area contributed by atoms with E-state index in [0.29, 0.717) is 18.3 Å². The normalized spacial score (nSPS) is 23.2. The first-order valence-corrected chi connectivity index (χ1v) is 8.23. The monoisotopic (exact) mass is 296 g/mol. The molecule has 2 rings (SSSR count). The van der Waals surface area contributed by atoms with Crippen LogP contribution >= 0.6 is 0 Å². The molecule has 5 heteroatoms. The van der Waals surface area contributed by atoms with Crippen LogP contribution in [0.4, 0.5) is 4.79 Å². The first kappa shape index (κ1) is 16.1. The van der Waals surface area contributed by atoms with Crippen LogP contribution in [0.25, 0.3) is 0 Å². The van der Waals surface area contributed by atoms with Crippen molar-refractivity contribution < 1.29 is 14.7 Å². The summed E-state index contributed by atoms with van der Waals surface area (Å²) < 4.78 is 0. The largest absolute Gasteiger partial charge is 0.481 e. The van der Waals surface area contributed by atoms with Gasteiger partial charge in [0.05, 0.1) is 5.41 Å². The third-order valence-corrected chi connectivity index (χ3v) is 5.95. The Bertz CT molecular complexity index is 390. The molecule has 0 aromatic carbocycles. The molecule has 2 aliphatic rings. The predicted octanol–water partition coefficient (Wildman–Crippen LogP) is 2.85. The number of nitrogens with zero attached hydrogens (tertiary/aromatic N) is 1. The van der Waals surface area contributed by atoms with Crippen molar-refractivity contribution in [3.8, 4) is 0 Å². The molecule has 2 N–H and O–H groups in total. The molecule has 0 spiro atoms. The fourth-order valence-corrected chi connectivity index (χ4v) is 3.57. The fourth-order valence-electron chi connectivity index (χ4n) is 3.57. The van der Waals surface area contributed by atoms with Gasteiger partial charge in [-0.05, 0) is 31.1 Å². The van der Waals surface area contributed by atoms with Gasteiger partial charge >= 0.3 is 12.0 Å². The first-order chi connectivity index (χ1) is 9.97. The number of aliphatic carboxylic acids is 1. The molecule has 120 valence electrons. The topological polar surface area (TPSA) is 69.6 Å². The lowest BCUT2D eigenvalue weighted by Gasteiger charge is -2.42. The van der Waals surface area contributed by atoms with Crippen LogP contribution in [0.3, 0.4) is 0 Å². The Balaban J connectivity index is 1.81. The van der Waals surface area contributed by atoms with Gasteiger partial charge in [-0.2, -0.15) is 0 Å². The van der Waals surface area contributed by atoms with Gasteiger partial charge in [0.15, 0.2) is 0 Å². The van der Waals surface area contributed by atoms with Gasteiger partial charge in [0.1, 0.15) is 0 Å². The molecule has 0 bridgehead atoms. The van der Waals surface area contributed by atoms with Crippen molar-refractivity contribution in [3.05, 3.63) is 0 Å². The van der Waals surface area contributed by atoms with E-state index in [4.69, 9.17) is 0 Å². The minimum atomic E-state index is -0.774. The molecule has 0 radical (unpaired) electrons. The average molecular weight is 296 g/mol. The van der Waals surface area contributed by atoms with Gasteiger partial charge in [-0.3, -0.25) is 4.79 Å². The van der Waals surface area contributed by atoms with Gasteiger partial charge in [0.25, 0.3) is 0 Å². The molecule has 1 aliphatic carbocycles. The van der Waals surface area contributed by atoms with E-state index in [1.165, 1.54) is 12.8 Å². The van der Waals surface area contributed by atoms with E-state index in [1.54, 1.807) is 0 Å². The number of rotatable bonds is 5. The molecule has 2 amide bonds. The van der Waals surface area contributed by atoms with Crippen molar-refractivity contribution in [2.45, 2.75) is 58.8 Å². The molecule has 1 heterocycles. The van der Waals surface area contributed by atoms with Crippen molar-refractivity contribution >= 4 is 12.0 Å². The van der Waals surface area contributed by atoms with Crippen LogP contribution in [-0.2, 0) is 4.79 Å². The zero-order valence-corrected chi connectivity index (χ0v) is 13.3. The molecule has 2 fully saturated rings. The van der Waals surface area contributed by atoms with Gasteiger partial charge in [0.2, 0.25) is 0 Å². The second-order valence-electron chi connectivity index (χ2n) is 6.79. The number of carbonyl (C=O) groups is 2. The Morgan fingerprint density at radius 1 is 1.10 bits per heavy atom. The SMILES string of the molecule is CCC1(CC)CCN(C(=O)NCC2(C(=O)O)CCC2)CC1. The second-order valence-corrected chi connectivity index (χ2v) is 6.79. The zero-order valence-electron chi connectivity index (χ0n) is 13.3. The number of likely N-dealkylation sites (tertiary alicyclic amines) is 1. The number of hydrogen-bond donors (Lipinski definition) is 2. The Hall–Kier alpha value is -1.26. The highest BCUT2D eigenvalue weighted by Crippen LogP contribution is 2.41. The van der Waals surface area contributed by atoms with Crippen molar-refractivity contribution in [3.63, 3.8) is 0 Å². The molecule has 21 heavy (non-hydrogen) atoms. The number of carbonyl (C=O) groups excluding carboxylic acids is 1. The summed E-state index contributed by atoms with van der Waals surface area (Å²) in [4.78, 5) is 25.4. The van der Waals surface area contributed by atoms with Crippen molar-refractivity contribution in [1.29, 1.82) is 0 Å². The van der Waals surface area contributed by atoms with E-state index in [9.17, 15) is 14.7 Å². The van der Waals surface area contributed by atoms with Crippen molar-refractivity contribution in [2.75, 3.05) is 19.6 Å². The lowest BCUT2D eigenvalue weighted by molar-refractivity contribution is -0.153. The number of urea groups is 1. The number of hydrogen-bond acceptors (Lipinski definition) is 2. The third kappa shape index (κ3) is 3.16. The number of carboxylic acids is 1. The van der Waals surface area contributed by atoms with E-state index < -0.39 is 11.4 Å². The molecule has 1 aliphatic heterocycles. The molecular formula is C16H28N2O3.